The Morgan fingerprint density at radius 3 is 3.04 bits per heavy atom. The van der Waals surface area contributed by atoms with Gasteiger partial charge in [-0.2, -0.15) is 5.10 Å². The van der Waals surface area contributed by atoms with Crippen LogP contribution < -0.4 is 0 Å². The third kappa shape index (κ3) is 3.45. The molecular weight excluding hydrogens is 348 g/mol. The van der Waals surface area contributed by atoms with Gasteiger partial charge in [0.2, 0.25) is 0 Å². The highest BCUT2D eigenvalue weighted by atomic mass is 16.5. The van der Waals surface area contributed by atoms with Crippen molar-refractivity contribution in [3.05, 3.63) is 48.2 Å². The molecule has 140 valence electrons. The van der Waals surface area contributed by atoms with Crippen LogP contribution in [0.3, 0.4) is 0 Å². The van der Waals surface area contributed by atoms with Crippen LogP contribution in [-0.4, -0.2) is 55.3 Å². The predicted molar refractivity (Wildman–Crippen MR) is 94.7 cm³/mol. The normalized spacial score (nSPS) is 13.6. The van der Waals surface area contributed by atoms with Gasteiger partial charge < -0.3 is 14.1 Å². The van der Waals surface area contributed by atoms with Gasteiger partial charge in [0.25, 0.3) is 5.91 Å². The average Bonchev–Trinajstić information content (AvgIpc) is 3.36. The molecular formula is C18H20N6O3. The second kappa shape index (κ2) is 7.67. The summed E-state index contributed by atoms with van der Waals surface area (Å²) >= 11 is 0. The van der Waals surface area contributed by atoms with Crippen molar-refractivity contribution in [1.82, 2.24) is 29.6 Å². The summed E-state index contributed by atoms with van der Waals surface area (Å²) in [5.41, 5.74) is 3.90. The van der Waals surface area contributed by atoms with Gasteiger partial charge in [-0.05, 0) is 13.0 Å². The van der Waals surface area contributed by atoms with Gasteiger partial charge in [-0.25, -0.2) is 15.0 Å². The van der Waals surface area contributed by atoms with Crippen molar-refractivity contribution in [2.75, 3.05) is 19.8 Å². The standard InChI is InChI=1S/C18H20N6O3/c1-2-26-8-7-24-16-4-6-23(18(25)14-3-5-19-11-20-14)9-13(16)17(22-24)15-10-27-12-21-15/h3,5,10-12H,2,4,6-9H2,1H3. The van der Waals surface area contributed by atoms with Gasteiger partial charge in [-0.1, -0.05) is 0 Å². The molecule has 3 aromatic heterocycles. The molecule has 0 N–H and O–H groups in total. The summed E-state index contributed by atoms with van der Waals surface area (Å²) in [5, 5.41) is 4.72. The van der Waals surface area contributed by atoms with E-state index in [2.05, 4.69) is 15.0 Å². The van der Waals surface area contributed by atoms with Crippen molar-refractivity contribution in [3.8, 4) is 11.4 Å². The SMILES string of the molecule is CCOCCn1nc(-c2cocn2)c2c1CCN(C(=O)c1ccncn1)C2. The Bertz CT molecular complexity index is 907. The molecule has 0 bridgehead atoms. The Balaban J connectivity index is 1.64. The van der Waals surface area contributed by atoms with E-state index < -0.39 is 0 Å². The summed E-state index contributed by atoms with van der Waals surface area (Å²) in [4.78, 5) is 26.7. The molecule has 1 aliphatic rings. The second-order valence-corrected chi connectivity index (χ2v) is 6.14. The summed E-state index contributed by atoms with van der Waals surface area (Å²) < 4.78 is 12.6. The lowest BCUT2D eigenvalue weighted by Gasteiger charge is -2.27. The maximum absolute atomic E-state index is 12.8. The summed E-state index contributed by atoms with van der Waals surface area (Å²) in [7, 11) is 0. The number of ether oxygens (including phenoxy) is 1. The maximum Gasteiger partial charge on any atom is 0.272 e. The summed E-state index contributed by atoms with van der Waals surface area (Å²) in [6.45, 7) is 4.95. The van der Waals surface area contributed by atoms with E-state index in [-0.39, 0.29) is 5.91 Å². The van der Waals surface area contributed by atoms with Crippen LogP contribution in [0.25, 0.3) is 11.4 Å². The lowest BCUT2D eigenvalue weighted by molar-refractivity contribution is 0.0726. The van der Waals surface area contributed by atoms with Gasteiger partial charge in [0.1, 0.15) is 29.7 Å². The van der Waals surface area contributed by atoms with Gasteiger partial charge in [0.15, 0.2) is 6.39 Å². The molecule has 0 aliphatic carbocycles. The van der Waals surface area contributed by atoms with Gasteiger partial charge in [-0.3, -0.25) is 9.48 Å². The van der Waals surface area contributed by atoms with Crippen LogP contribution in [-0.2, 0) is 24.2 Å². The van der Waals surface area contributed by atoms with Crippen LogP contribution in [0.2, 0.25) is 0 Å². The molecule has 4 heterocycles. The van der Waals surface area contributed by atoms with E-state index in [1.165, 1.54) is 12.7 Å². The number of aromatic nitrogens is 5. The van der Waals surface area contributed by atoms with E-state index in [1.54, 1.807) is 23.4 Å². The molecule has 9 nitrogen and oxygen atoms in total. The zero-order valence-corrected chi connectivity index (χ0v) is 15.0. The zero-order valence-electron chi connectivity index (χ0n) is 15.0. The van der Waals surface area contributed by atoms with E-state index >= 15 is 0 Å². The Hall–Kier alpha value is -3.07. The molecule has 3 aromatic rings. The van der Waals surface area contributed by atoms with Gasteiger partial charge in [-0.15, -0.1) is 0 Å². The Kier molecular flexibility index (Phi) is 4.93. The first-order valence-electron chi connectivity index (χ1n) is 8.88. The van der Waals surface area contributed by atoms with E-state index in [9.17, 15) is 4.79 Å². The molecule has 0 unspecified atom stereocenters. The molecule has 0 aromatic carbocycles. The Labute approximate surface area is 156 Å². The molecule has 27 heavy (non-hydrogen) atoms. The van der Waals surface area contributed by atoms with E-state index in [0.717, 1.165) is 17.0 Å². The molecule has 0 spiro atoms. The fourth-order valence-electron chi connectivity index (χ4n) is 3.26. The van der Waals surface area contributed by atoms with Crippen LogP contribution >= 0.6 is 0 Å². The monoisotopic (exact) mass is 368 g/mol. The predicted octanol–water partition coefficient (Wildman–Crippen LogP) is 1.56. The van der Waals surface area contributed by atoms with Crippen molar-refractivity contribution in [2.24, 2.45) is 0 Å². The van der Waals surface area contributed by atoms with Gasteiger partial charge in [0, 0.05) is 37.0 Å². The first-order chi connectivity index (χ1) is 13.3. The van der Waals surface area contributed by atoms with Crippen molar-refractivity contribution in [1.29, 1.82) is 0 Å². The second-order valence-electron chi connectivity index (χ2n) is 6.14. The van der Waals surface area contributed by atoms with Crippen LogP contribution in [0.4, 0.5) is 0 Å². The third-order valence-electron chi connectivity index (χ3n) is 4.55. The smallest absolute Gasteiger partial charge is 0.272 e. The molecule has 9 heteroatoms. The molecule has 0 saturated heterocycles. The number of fused-ring (bicyclic) bond motifs is 1. The number of rotatable bonds is 6. The zero-order chi connectivity index (χ0) is 18.6. The van der Waals surface area contributed by atoms with Crippen LogP contribution in [0.5, 0.6) is 0 Å². The number of carbonyl (C=O) groups excluding carboxylic acids is 1. The van der Waals surface area contributed by atoms with E-state index in [4.69, 9.17) is 14.3 Å². The quantitative estimate of drug-likeness (QED) is 0.609. The highest BCUT2D eigenvalue weighted by Gasteiger charge is 2.29. The molecule has 0 atom stereocenters. The molecule has 0 radical (unpaired) electrons. The molecule has 4 rings (SSSR count). The number of oxazole rings is 1. The van der Waals surface area contributed by atoms with Crippen molar-refractivity contribution in [2.45, 2.75) is 26.4 Å². The van der Waals surface area contributed by atoms with Crippen LogP contribution in [0, 0.1) is 0 Å². The van der Waals surface area contributed by atoms with E-state index in [1.807, 2.05) is 11.6 Å². The first kappa shape index (κ1) is 17.3. The Morgan fingerprint density at radius 2 is 2.30 bits per heavy atom. The lowest BCUT2D eigenvalue weighted by Crippen LogP contribution is -2.37. The fourth-order valence-corrected chi connectivity index (χ4v) is 3.26. The number of hydrogen-bond acceptors (Lipinski definition) is 7. The number of carbonyl (C=O) groups is 1. The summed E-state index contributed by atoms with van der Waals surface area (Å²) in [6.07, 6.45) is 6.62. The van der Waals surface area contributed by atoms with Gasteiger partial charge in [0.05, 0.1) is 19.7 Å². The highest BCUT2D eigenvalue weighted by Crippen LogP contribution is 2.29. The van der Waals surface area contributed by atoms with Crippen molar-refractivity contribution in [3.63, 3.8) is 0 Å². The minimum absolute atomic E-state index is 0.115. The minimum atomic E-state index is -0.115. The highest BCUT2D eigenvalue weighted by molar-refractivity contribution is 5.92. The molecule has 0 saturated carbocycles. The third-order valence-corrected chi connectivity index (χ3v) is 4.55. The molecule has 0 fully saturated rings. The van der Waals surface area contributed by atoms with Crippen molar-refractivity contribution < 1.29 is 13.9 Å². The number of amides is 1. The van der Waals surface area contributed by atoms with Gasteiger partial charge >= 0.3 is 0 Å². The fraction of sp³-hybridized carbons (Fsp3) is 0.389. The Morgan fingerprint density at radius 1 is 1.37 bits per heavy atom. The van der Waals surface area contributed by atoms with E-state index in [0.29, 0.717) is 50.7 Å². The summed E-state index contributed by atoms with van der Waals surface area (Å²) in [6, 6.07) is 1.63. The first-order valence-corrected chi connectivity index (χ1v) is 8.88. The molecule has 1 amide bonds. The number of nitrogens with zero attached hydrogens (tertiary/aromatic N) is 6. The summed E-state index contributed by atoms with van der Waals surface area (Å²) in [5.74, 6) is -0.115. The van der Waals surface area contributed by atoms with Crippen LogP contribution in [0.1, 0.15) is 28.7 Å². The minimum Gasteiger partial charge on any atom is -0.451 e. The van der Waals surface area contributed by atoms with Crippen molar-refractivity contribution >= 4 is 5.91 Å². The maximum atomic E-state index is 12.8. The average molecular weight is 368 g/mol. The van der Waals surface area contributed by atoms with Crippen LogP contribution in [0.15, 0.2) is 35.7 Å². The lowest BCUT2D eigenvalue weighted by atomic mass is 10.0. The number of hydrogen-bond donors (Lipinski definition) is 0. The largest absolute Gasteiger partial charge is 0.451 e. The molecule has 1 aliphatic heterocycles. The topological polar surface area (TPSA) is 99.2 Å².